The third-order valence-corrected chi connectivity index (χ3v) is 4.46. The molecule has 1 aliphatic rings. The van der Waals surface area contributed by atoms with Gasteiger partial charge < -0.3 is 0 Å². The summed E-state index contributed by atoms with van der Waals surface area (Å²) in [5.74, 6) is 2.47. The average Bonchev–Trinajstić information content (AvgIpc) is 3.02. The molecule has 0 radical (unpaired) electrons. The minimum atomic E-state index is -0.252. The molecule has 0 unspecified atom stereocenters. The van der Waals surface area contributed by atoms with Gasteiger partial charge in [-0.25, -0.2) is 4.39 Å². The van der Waals surface area contributed by atoms with Crippen LogP contribution in [0.3, 0.4) is 0 Å². The first-order valence-electron chi connectivity index (χ1n) is 8.18. The van der Waals surface area contributed by atoms with Crippen LogP contribution in [0.4, 0.5) is 4.39 Å². The molecular weight excluding hydrogens is 315 g/mol. The Morgan fingerprint density at radius 2 is 1.80 bits per heavy atom. The van der Waals surface area contributed by atoms with Crippen LogP contribution in [0.15, 0.2) is 48.8 Å². The summed E-state index contributed by atoms with van der Waals surface area (Å²) in [6.07, 6.45) is 9.03. The zero-order valence-electron chi connectivity index (χ0n) is 13.7. The molecule has 0 bridgehead atoms. The average molecular weight is 332 g/mol. The number of terminal acetylenes is 1. The molecule has 0 atom stereocenters. The summed E-state index contributed by atoms with van der Waals surface area (Å²) in [7, 11) is 0. The predicted octanol–water partition coefficient (Wildman–Crippen LogP) is 3.20. The summed E-state index contributed by atoms with van der Waals surface area (Å²) in [6.45, 7) is 3.02. The number of aromatic nitrogens is 3. The van der Waals surface area contributed by atoms with E-state index >= 15 is 0 Å². The van der Waals surface area contributed by atoms with Crippen molar-refractivity contribution in [3.05, 3.63) is 60.3 Å². The minimum absolute atomic E-state index is 0.252. The third kappa shape index (κ3) is 2.92. The van der Waals surface area contributed by atoms with Gasteiger partial charge in [0.05, 0.1) is 18.8 Å². The van der Waals surface area contributed by atoms with E-state index in [1.54, 1.807) is 24.5 Å². The van der Waals surface area contributed by atoms with Crippen LogP contribution < -0.4 is 0 Å². The first-order chi connectivity index (χ1) is 12.3. The maximum absolute atomic E-state index is 13.3. The lowest BCUT2D eigenvalue weighted by Gasteiger charge is -2.26. The van der Waals surface area contributed by atoms with Crippen molar-refractivity contribution in [1.29, 1.82) is 0 Å². The Kier molecular flexibility index (Phi) is 4.04. The zero-order chi connectivity index (χ0) is 17.2. The molecule has 124 valence electrons. The fourth-order valence-electron chi connectivity index (χ4n) is 3.27. The Balaban J connectivity index is 1.88. The first kappa shape index (κ1) is 15.6. The predicted molar refractivity (Wildman–Crippen MR) is 95.0 cm³/mol. The fourth-order valence-corrected chi connectivity index (χ4v) is 3.27. The topological polar surface area (TPSA) is 34.0 Å². The van der Waals surface area contributed by atoms with Crippen molar-refractivity contribution in [2.45, 2.75) is 13.1 Å². The molecule has 4 nitrogen and oxygen atoms in total. The second-order valence-electron chi connectivity index (χ2n) is 6.05. The van der Waals surface area contributed by atoms with Gasteiger partial charge in [0.25, 0.3) is 0 Å². The van der Waals surface area contributed by atoms with Crippen molar-refractivity contribution in [1.82, 2.24) is 19.7 Å². The van der Waals surface area contributed by atoms with Crippen molar-refractivity contribution >= 4 is 0 Å². The van der Waals surface area contributed by atoms with Crippen molar-refractivity contribution in [2.75, 3.05) is 13.1 Å². The molecule has 0 fully saturated rings. The lowest BCUT2D eigenvalue weighted by Crippen LogP contribution is -2.34. The summed E-state index contributed by atoms with van der Waals surface area (Å²) >= 11 is 0. The molecule has 0 aliphatic carbocycles. The van der Waals surface area contributed by atoms with E-state index in [-0.39, 0.29) is 5.82 Å². The second kappa shape index (κ2) is 6.50. The molecule has 4 rings (SSSR count). The Labute approximate surface area is 145 Å². The Morgan fingerprint density at radius 3 is 2.52 bits per heavy atom. The van der Waals surface area contributed by atoms with Crippen LogP contribution in [0.5, 0.6) is 0 Å². The summed E-state index contributed by atoms with van der Waals surface area (Å²) in [4.78, 5) is 6.34. The number of hydrogen-bond donors (Lipinski definition) is 0. The largest absolute Gasteiger partial charge is 0.285 e. The van der Waals surface area contributed by atoms with E-state index in [2.05, 4.69) is 15.8 Å². The number of nitrogens with zero attached hydrogens (tertiary/aromatic N) is 4. The van der Waals surface area contributed by atoms with Gasteiger partial charge in [-0.15, -0.1) is 6.42 Å². The van der Waals surface area contributed by atoms with Gasteiger partial charge in [0.1, 0.15) is 11.5 Å². The number of rotatable bonds is 3. The maximum Gasteiger partial charge on any atom is 0.123 e. The highest BCUT2D eigenvalue weighted by molar-refractivity contribution is 5.82. The SMILES string of the molecule is C#CCN1CCn2nc(-c3ccc(F)cc3)c(-c3ccncc3)c2C1. The van der Waals surface area contributed by atoms with Gasteiger partial charge in [0.2, 0.25) is 0 Å². The Hall–Kier alpha value is -2.97. The van der Waals surface area contributed by atoms with Gasteiger partial charge in [-0.05, 0) is 42.0 Å². The van der Waals surface area contributed by atoms with Crippen molar-refractivity contribution < 1.29 is 4.39 Å². The van der Waals surface area contributed by atoms with Crippen molar-refractivity contribution in [3.8, 4) is 34.7 Å². The molecule has 3 aromatic rings. The van der Waals surface area contributed by atoms with Gasteiger partial charge in [-0.2, -0.15) is 5.10 Å². The molecule has 1 aliphatic heterocycles. The Morgan fingerprint density at radius 1 is 1.04 bits per heavy atom. The van der Waals surface area contributed by atoms with Crippen LogP contribution in [0.1, 0.15) is 5.69 Å². The standard InChI is InChI=1S/C20H17FN4/c1-2-11-24-12-13-25-18(14-24)19(15-7-9-22-10-8-15)20(23-25)16-3-5-17(21)6-4-16/h1,3-10H,11-14H2. The van der Waals surface area contributed by atoms with Crippen LogP contribution in [0.25, 0.3) is 22.4 Å². The maximum atomic E-state index is 13.3. The number of pyridine rings is 1. The van der Waals surface area contributed by atoms with Crippen LogP contribution in [-0.4, -0.2) is 32.8 Å². The first-order valence-corrected chi connectivity index (χ1v) is 8.18. The monoisotopic (exact) mass is 332 g/mol. The molecule has 25 heavy (non-hydrogen) atoms. The second-order valence-corrected chi connectivity index (χ2v) is 6.05. The van der Waals surface area contributed by atoms with E-state index in [0.29, 0.717) is 6.54 Å². The Bertz CT molecular complexity index is 923. The van der Waals surface area contributed by atoms with E-state index in [1.165, 1.54) is 12.1 Å². The van der Waals surface area contributed by atoms with Gasteiger partial charge >= 0.3 is 0 Å². The van der Waals surface area contributed by atoms with E-state index in [1.807, 2.05) is 16.8 Å². The number of fused-ring (bicyclic) bond motifs is 1. The lowest BCUT2D eigenvalue weighted by atomic mass is 9.99. The van der Waals surface area contributed by atoms with Crippen molar-refractivity contribution in [2.24, 2.45) is 0 Å². The summed E-state index contributed by atoms with van der Waals surface area (Å²) < 4.78 is 15.4. The van der Waals surface area contributed by atoms with E-state index in [4.69, 9.17) is 11.5 Å². The molecular formula is C20H17FN4. The van der Waals surface area contributed by atoms with E-state index in [0.717, 1.165) is 47.7 Å². The highest BCUT2D eigenvalue weighted by Gasteiger charge is 2.25. The van der Waals surface area contributed by atoms with Crippen LogP contribution >= 0.6 is 0 Å². The highest BCUT2D eigenvalue weighted by Crippen LogP contribution is 2.36. The number of benzene rings is 1. The van der Waals surface area contributed by atoms with E-state index in [9.17, 15) is 4.39 Å². The molecule has 0 saturated heterocycles. The summed E-state index contributed by atoms with van der Waals surface area (Å²) in [5, 5.41) is 4.82. The molecule has 3 heterocycles. The van der Waals surface area contributed by atoms with Crippen LogP contribution in [0.2, 0.25) is 0 Å². The number of halogens is 1. The quantitative estimate of drug-likeness (QED) is 0.691. The summed E-state index contributed by atoms with van der Waals surface area (Å²) in [6, 6.07) is 10.4. The van der Waals surface area contributed by atoms with E-state index < -0.39 is 0 Å². The normalized spacial score (nSPS) is 14.1. The zero-order valence-corrected chi connectivity index (χ0v) is 13.7. The van der Waals surface area contributed by atoms with Gasteiger partial charge in [-0.1, -0.05) is 5.92 Å². The lowest BCUT2D eigenvalue weighted by molar-refractivity contribution is 0.238. The van der Waals surface area contributed by atoms with Gasteiger partial charge in [0.15, 0.2) is 0 Å². The van der Waals surface area contributed by atoms with Crippen LogP contribution in [-0.2, 0) is 13.1 Å². The molecule has 0 spiro atoms. The molecule has 5 heteroatoms. The minimum Gasteiger partial charge on any atom is -0.285 e. The molecule has 2 aromatic heterocycles. The highest BCUT2D eigenvalue weighted by atomic mass is 19.1. The molecule has 0 saturated carbocycles. The molecule has 0 amide bonds. The fraction of sp³-hybridized carbons (Fsp3) is 0.200. The van der Waals surface area contributed by atoms with Gasteiger partial charge in [0, 0.05) is 36.6 Å². The summed E-state index contributed by atoms with van der Waals surface area (Å²) in [5.41, 5.74) is 5.02. The number of hydrogen-bond acceptors (Lipinski definition) is 3. The van der Waals surface area contributed by atoms with Gasteiger partial charge in [-0.3, -0.25) is 14.6 Å². The van der Waals surface area contributed by atoms with Crippen molar-refractivity contribution in [3.63, 3.8) is 0 Å². The molecule has 1 aromatic carbocycles. The van der Waals surface area contributed by atoms with Crippen LogP contribution in [0, 0.1) is 18.2 Å². The third-order valence-electron chi connectivity index (χ3n) is 4.46. The smallest absolute Gasteiger partial charge is 0.123 e. The molecule has 0 N–H and O–H groups in total.